The highest BCUT2D eigenvalue weighted by Crippen LogP contribution is 2.27. The minimum atomic E-state index is -0.197. The number of aromatic nitrogens is 5. The average Bonchev–Trinajstić information content (AvgIpc) is 3.10. The molecule has 1 atom stereocenters. The molecule has 6 nitrogen and oxygen atoms in total. The Kier molecular flexibility index (Phi) is 3.82. The minimum absolute atomic E-state index is 0.00403. The molecule has 7 heteroatoms. The Bertz CT molecular complexity index is 876. The van der Waals surface area contributed by atoms with E-state index in [0.29, 0.717) is 0 Å². The van der Waals surface area contributed by atoms with Gasteiger partial charge in [0.05, 0.1) is 17.8 Å². The summed E-state index contributed by atoms with van der Waals surface area (Å²) in [6.07, 6.45) is 4.15. The van der Waals surface area contributed by atoms with E-state index in [1.54, 1.807) is 28.6 Å². The zero-order valence-electron chi connectivity index (χ0n) is 13.2. The molecule has 3 aromatic heterocycles. The van der Waals surface area contributed by atoms with Crippen LogP contribution in [0, 0.1) is 6.92 Å². The molecule has 0 N–H and O–H groups in total. The first-order chi connectivity index (χ1) is 10.6. The Morgan fingerprint density at radius 2 is 2.09 bits per heavy atom. The molecule has 0 fully saturated rings. The molecule has 22 heavy (non-hydrogen) atoms. The maximum absolute atomic E-state index is 12.9. The van der Waals surface area contributed by atoms with Crippen LogP contribution in [-0.4, -0.2) is 24.3 Å². The Morgan fingerprint density at radius 1 is 1.32 bits per heavy atom. The minimum Gasteiger partial charge on any atom is -0.316 e. The molecule has 116 valence electrons. The van der Waals surface area contributed by atoms with Crippen molar-refractivity contribution in [2.24, 2.45) is 0 Å². The molecule has 0 saturated carbocycles. The summed E-state index contributed by atoms with van der Waals surface area (Å²) >= 11 is 1.59. The summed E-state index contributed by atoms with van der Waals surface area (Å²) in [5, 5.41) is 8.86. The highest BCUT2D eigenvalue weighted by molar-refractivity contribution is 7.18. The van der Waals surface area contributed by atoms with E-state index in [2.05, 4.69) is 22.1 Å². The fourth-order valence-electron chi connectivity index (χ4n) is 2.83. The molecule has 0 bridgehead atoms. The zero-order chi connectivity index (χ0) is 15.9. The van der Waals surface area contributed by atoms with E-state index < -0.39 is 0 Å². The van der Waals surface area contributed by atoms with Crippen LogP contribution in [0.3, 0.4) is 0 Å². The number of fused-ring (bicyclic) bond motifs is 1. The Hall–Kier alpha value is -2.02. The van der Waals surface area contributed by atoms with Gasteiger partial charge >= 0.3 is 0 Å². The molecule has 3 rings (SSSR count). The van der Waals surface area contributed by atoms with Crippen molar-refractivity contribution in [3.8, 4) is 0 Å². The third kappa shape index (κ3) is 2.16. The quantitative estimate of drug-likeness (QED) is 0.742. The van der Waals surface area contributed by atoms with Crippen LogP contribution in [-0.2, 0) is 13.0 Å². The number of hydrogen-bond acceptors (Lipinski definition) is 5. The van der Waals surface area contributed by atoms with Crippen LogP contribution < -0.4 is 5.56 Å². The lowest BCUT2D eigenvalue weighted by Crippen LogP contribution is -2.26. The van der Waals surface area contributed by atoms with Crippen molar-refractivity contribution >= 4 is 21.6 Å². The van der Waals surface area contributed by atoms with Crippen LogP contribution >= 0.6 is 11.3 Å². The second-order valence-corrected chi connectivity index (χ2v) is 6.48. The van der Waals surface area contributed by atoms with Gasteiger partial charge in [-0.05, 0) is 32.8 Å². The first-order valence-electron chi connectivity index (χ1n) is 7.45. The molecular weight excluding hydrogens is 298 g/mol. The summed E-state index contributed by atoms with van der Waals surface area (Å²) in [5.74, 6) is 0.774. The van der Waals surface area contributed by atoms with E-state index in [9.17, 15) is 4.79 Å². The molecule has 0 amide bonds. The van der Waals surface area contributed by atoms with Crippen LogP contribution in [0.4, 0.5) is 0 Å². The molecule has 0 aromatic carbocycles. The van der Waals surface area contributed by atoms with Crippen molar-refractivity contribution in [2.45, 2.75) is 46.7 Å². The van der Waals surface area contributed by atoms with Crippen molar-refractivity contribution < 1.29 is 0 Å². The Morgan fingerprint density at radius 3 is 2.77 bits per heavy atom. The fourth-order valence-corrected chi connectivity index (χ4v) is 3.90. The zero-order valence-corrected chi connectivity index (χ0v) is 14.0. The maximum Gasteiger partial charge on any atom is 0.263 e. The van der Waals surface area contributed by atoms with Crippen LogP contribution in [0.15, 0.2) is 17.4 Å². The van der Waals surface area contributed by atoms with Gasteiger partial charge in [0.1, 0.15) is 11.2 Å². The first-order valence-corrected chi connectivity index (χ1v) is 8.26. The fraction of sp³-hybridized carbons (Fsp3) is 0.467. The standard InChI is InChI=1S/C15H19N5OS/c1-5-11-10(4)22-14-12(11)15(21)20(7-16-14)9(3)13-18-17-8-19(13)6-2/h7-9H,5-6H2,1-4H3/t9-/m0/s1. The first kappa shape index (κ1) is 14.9. The second-order valence-electron chi connectivity index (χ2n) is 5.28. The van der Waals surface area contributed by atoms with E-state index in [4.69, 9.17) is 0 Å². The molecule has 0 aliphatic heterocycles. The second kappa shape index (κ2) is 5.64. The van der Waals surface area contributed by atoms with Crippen molar-refractivity contribution in [3.63, 3.8) is 0 Å². The number of hydrogen-bond donors (Lipinski definition) is 0. The topological polar surface area (TPSA) is 65.6 Å². The van der Waals surface area contributed by atoms with Gasteiger partial charge in [0.15, 0.2) is 5.82 Å². The molecule has 0 aliphatic rings. The highest BCUT2D eigenvalue weighted by atomic mass is 32.1. The molecular formula is C15H19N5OS. The SMILES string of the molecule is CCc1c(C)sc2ncn([C@@H](C)c3nncn3CC)c(=O)c12. The van der Waals surface area contributed by atoms with E-state index in [0.717, 1.165) is 34.6 Å². The van der Waals surface area contributed by atoms with Gasteiger partial charge in [-0.2, -0.15) is 0 Å². The molecule has 0 radical (unpaired) electrons. The van der Waals surface area contributed by atoms with E-state index in [1.807, 2.05) is 25.3 Å². The third-order valence-electron chi connectivity index (χ3n) is 4.07. The van der Waals surface area contributed by atoms with E-state index in [-0.39, 0.29) is 11.6 Å². The normalized spacial score (nSPS) is 12.9. The third-order valence-corrected chi connectivity index (χ3v) is 5.12. The van der Waals surface area contributed by atoms with Gasteiger partial charge in [-0.25, -0.2) is 4.98 Å². The molecule has 0 unspecified atom stereocenters. The van der Waals surface area contributed by atoms with Gasteiger partial charge in [-0.1, -0.05) is 6.92 Å². The lowest BCUT2D eigenvalue weighted by molar-refractivity contribution is 0.537. The Balaban J connectivity index is 2.20. The number of aryl methyl sites for hydroxylation is 3. The van der Waals surface area contributed by atoms with Crippen molar-refractivity contribution in [1.29, 1.82) is 0 Å². The number of nitrogens with zero attached hydrogens (tertiary/aromatic N) is 5. The molecule has 0 aliphatic carbocycles. The molecule has 0 saturated heterocycles. The van der Waals surface area contributed by atoms with Gasteiger partial charge in [0.2, 0.25) is 0 Å². The van der Waals surface area contributed by atoms with Crippen LogP contribution in [0.2, 0.25) is 0 Å². The lowest BCUT2D eigenvalue weighted by Gasteiger charge is -2.14. The summed E-state index contributed by atoms with van der Waals surface area (Å²) in [7, 11) is 0. The van der Waals surface area contributed by atoms with Gasteiger partial charge in [-0.15, -0.1) is 21.5 Å². The molecule has 3 heterocycles. The summed E-state index contributed by atoms with van der Waals surface area (Å²) < 4.78 is 3.60. The number of rotatable bonds is 4. The maximum atomic E-state index is 12.9. The van der Waals surface area contributed by atoms with Crippen molar-refractivity contribution in [1.82, 2.24) is 24.3 Å². The van der Waals surface area contributed by atoms with Gasteiger partial charge in [0, 0.05) is 11.4 Å². The van der Waals surface area contributed by atoms with Gasteiger partial charge < -0.3 is 4.57 Å². The van der Waals surface area contributed by atoms with Gasteiger partial charge in [-0.3, -0.25) is 9.36 Å². The Labute approximate surface area is 132 Å². The van der Waals surface area contributed by atoms with Crippen LogP contribution in [0.1, 0.15) is 43.1 Å². The summed E-state index contributed by atoms with van der Waals surface area (Å²) in [6, 6.07) is -0.197. The lowest BCUT2D eigenvalue weighted by atomic mass is 10.1. The predicted octanol–water partition coefficient (Wildman–Crippen LogP) is 2.55. The highest BCUT2D eigenvalue weighted by Gasteiger charge is 2.20. The van der Waals surface area contributed by atoms with Crippen LogP contribution in [0.5, 0.6) is 0 Å². The van der Waals surface area contributed by atoms with E-state index >= 15 is 0 Å². The summed E-state index contributed by atoms with van der Waals surface area (Å²) in [4.78, 5) is 19.4. The summed E-state index contributed by atoms with van der Waals surface area (Å²) in [6.45, 7) is 8.88. The molecule has 3 aromatic rings. The van der Waals surface area contributed by atoms with Gasteiger partial charge in [0.25, 0.3) is 5.56 Å². The van der Waals surface area contributed by atoms with Crippen LogP contribution in [0.25, 0.3) is 10.2 Å². The van der Waals surface area contributed by atoms with Crippen molar-refractivity contribution in [3.05, 3.63) is 39.3 Å². The monoisotopic (exact) mass is 317 g/mol. The van der Waals surface area contributed by atoms with Crippen molar-refractivity contribution in [2.75, 3.05) is 0 Å². The smallest absolute Gasteiger partial charge is 0.263 e. The largest absolute Gasteiger partial charge is 0.316 e. The molecule has 0 spiro atoms. The average molecular weight is 317 g/mol. The summed E-state index contributed by atoms with van der Waals surface area (Å²) in [5.41, 5.74) is 1.11. The number of thiophene rings is 1. The predicted molar refractivity (Wildman–Crippen MR) is 87.5 cm³/mol. The van der Waals surface area contributed by atoms with E-state index in [1.165, 1.54) is 4.88 Å².